The summed E-state index contributed by atoms with van der Waals surface area (Å²) in [6.07, 6.45) is 4.39. The summed E-state index contributed by atoms with van der Waals surface area (Å²) in [6.45, 7) is 0.361. The molecule has 1 aliphatic rings. The molecule has 0 amide bonds. The molecule has 4 heteroatoms. The normalized spacial score (nSPS) is 18.4. The first-order chi connectivity index (χ1) is 7.20. The van der Waals surface area contributed by atoms with Crippen molar-refractivity contribution in [2.45, 2.75) is 37.9 Å². The van der Waals surface area contributed by atoms with E-state index in [9.17, 15) is 4.79 Å². The van der Waals surface area contributed by atoms with Crippen LogP contribution in [0.1, 0.15) is 31.4 Å². The fourth-order valence-corrected chi connectivity index (χ4v) is 1.84. The Labute approximate surface area is 87.8 Å². The number of aliphatic carboxylic acids is 1. The number of carboxylic acid groups (broad SMARTS) is 1. The third-order valence-corrected chi connectivity index (χ3v) is 2.84. The van der Waals surface area contributed by atoms with Crippen molar-refractivity contribution in [3.05, 3.63) is 24.2 Å². The van der Waals surface area contributed by atoms with E-state index in [0.29, 0.717) is 6.61 Å². The van der Waals surface area contributed by atoms with E-state index >= 15 is 0 Å². The lowest BCUT2D eigenvalue weighted by Gasteiger charge is -2.40. The quantitative estimate of drug-likeness (QED) is 0.809. The first-order valence-corrected chi connectivity index (χ1v) is 5.08. The highest BCUT2D eigenvalue weighted by Gasteiger charge is 2.40. The van der Waals surface area contributed by atoms with E-state index in [-0.39, 0.29) is 6.42 Å². The molecule has 4 nitrogen and oxygen atoms in total. The van der Waals surface area contributed by atoms with Crippen LogP contribution in [0.4, 0.5) is 0 Å². The molecule has 1 fully saturated rings. The minimum atomic E-state index is -0.797. The van der Waals surface area contributed by atoms with E-state index in [2.05, 4.69) is 0 Å². The van der Waals surface area contributed by atoms with Crippen molar-refractivity contribution in [2.75, 3.05) is 0 Å². The molecular weight excluding hydrogens is 196 g/mol. The maximum atomic E-state index is 10.7. The number of hydrogen-bond acceptors (Lipinski definition) is 3. The lowest BCUT2D eigenvalue weighted by atomic mass is 9.77. The van der Waals surface area contributed by atoms with Gasteiger partial charge in [0.1, 0.15) is 12.4 Å². The average molecular weight is 210 g/mol. The second-order valence-corrected chi connectivity index (χ2v) is 3.98. The summed E-state index contributed by atoms with van der Waals surface area (Å²) in [5, 5.41) is 8.77. The number of carboxylic acids is 1. The van der Waals surface area contributed by atoms with Crippen LogP contribution < -0.4 is 0 Å². The fourth-order valence-electron chi connectivity index (χ4n) is 1.84. The highest BCUT2D eigenvalue weighted by atomic mass is 16.5. The summed E-state index contributed by atoms with van der Waals surface area (Å²) < 4.78 is 10.8. The Kier molecular flexibility index (Phi) is 2.77. The minimum Gasteiger partial charge on any atom is -0.481 e. The number of furan rings is 1. The lowest BCUT2D eigenvalue weighted by molar-refractivity contribution is -0.157. The summed E-state index contributed by atoms with van der Waals surface area (Å²) in [5.74, 6) is -0.0548. The van der Waals surface area contributed by atoms with Crippen molar-refractivity contribution in [3.8, 4) is 0 Å². The third-order valence-electron chi connectivity index (χ3n) is 2.84. The largest absolute Gasteiger partial charge is 0.481 e. The zero-order chi connectivity index (χ0) is 10.7. The van der Waals surface area contributed by atoms with Gasteiger partial charge in [-0.05, 0) is 31.4 Å². The van der Waals surface area contributed by atoms with Gasteiger partial charge in [-0.15, -0.1) is 0 Å². The van der Waals surface area contributed by atoms with E-state index in [1.165, 1.54) is 0 Å². The average Bonchev–Trinajstić information content (AvgIpc) is 2.61. The summed E-state index contributed by atoms with van der Waals surface area (Å²) >= 11 is 0. The van der Waals surface area contributed by atoms with Crippen molar-refractivity contribution >= 4 is 5.97 Å². The Morgan fingerprint density at radius 3 is 2.87 bits per heavy atom. The van der Waals surface area contributed by atoms with Gasteiger partial charge in [0.05, 0.1) is 18.3 Å². The SMILES string of the molecule is O=C(O)CC1(OCc2ccco2)CCC1. The molecule has 0 spiro atoms. The molecule has 1 N–H and O–H groups in total. The van der Waals surface area contributed by atoms with Gasteiger partial charge in [-0.25, -0.2) is 0 Å². The second kappa shape index (κ2) is 4.06. The summed E-state index contributed by atoms with van der Waals surface area (Å²) in [6, 6.07) is 3.62. The predicted octanol–water partition coefficient (Wildman–Crippen LogP) is 2.19. The Bertz CT molecular complexity index is 324. The monoisotopic (exact) mass is 210 g/mol. The molecule has 82 valence electrons. The fraction of sp³-hybridized carbons (Fsp3) is 0.545. The van der Waals surface area contributed by atoms with E-state index in [1.807, 2.05) is 6.07 Å². The zero-order valence-corrected chi connectivity index (χ0v) is 8.44. The van der Waals surface area contributed by atoms with E-state index in [4.69, 9.17) is 14.3 Å². The standard InChI is InChI=1S/C11H14O4/c12-10(13)7-11(4-2-5-11)15-8-9-3-1-6-14-9/h1,3,6H,2,4-5,7-8H2,(H,12,13). The predicted molar refractivity (Wildman–Crippen MR) is 52.3 cm³/mol. The number of ether oxygens (including phenoxy) is 1. The Balaban J connectivity index is 1.88. The maximum Gasteiger partial charge on any atom is 0.306 e. The minimum absolute atomic E-state index is 0.0910. The maximum absolute atomic E-state index is 10.7. The molecule has 0 aliphatic heterocycles. The summed E-state index contributed by atoms with van der Waals surface area (Å²) in [4.78, 5) is 10.7. The Morgan fingerprint density at radius 2 is 2.40 bits per heavy atom. The van der Waals surface area contributed by atoms with Gasteiger partial charge in [-0.2, -0.15) is 0 Å². The summed E-state index contributed by atoms with van der Waals surface area (Å²) in [7, 11) is 0. The van der Waals surface area contributed by atoms with Crippen LogP contribution in [0, 0.1) is 0 Å². The van der Waals surface area contributed by atoms with Crippen molar-refractivity contribution in [1.82, 2.24) is 0 Å². The third kappa shape index (κ3) is 2.39. The van der Waals surface area contributed by atoms with Gasteiger partial charge in [0.25, 0.3) is 0 Å². The van der Waals surface area contributed by atoms with Crippen LogP contribution in [-0.4, -0.2) is 16.7 Å². The molecule has 2 rings (SSSR count). The van der Waals surface area contributed by atoms with Crippen LogP contribution in [-0.2, 0) is 16.1 Å². The molecule has 0 aromatic carbocycles. The lowest BCUT2D eigenvalue weighted by Crippen LogP contribution is -2.41. The van der Waals surface area contributed by atoms with Crippen molar-refractivity contribution in [1.29, 1.82) is 0 Å². The molecule has 0 radical (unpaired) electrons. The van der Waals surface area contributed by atoms with Gasteiger partial charge in [0.2, 0.25) is 0 Å². The molecule has 0 atom stereocenters. The van der Waals surface area contributed by atoms with Crippen LogP contribution in [0.15, 0.2) is 22.8 Å². The van der Waals surface area contributed by atoms with Crippen molar-refractivity contribution < 1.29 is 19.1 Å². The van der Waals surface area contributed by atoms with Crippen LogP contribution >= 0.6 is 0 Å². The highest BCUT2D eigenvalue weighted by Crippen LogP contribution is 2.39. The van der Waals surface area contributed by atoms with Gasteiger partial charge in [-0.1, -0.05) is 0 Å². The topological polar surface area (TPSA) is 59.7 Å². The molecule has 15 heavy (non-hydrogen) atoms. The summed E-state index contributed by atoms with van der Waals surface area (Å²) in [5.41, 5.74) is -0.446. The number of hydrogen-bond donors (Lipinski definition) is 1. The van der Waals surface area contributed by atoms with Gasteiger partial charge >= 0.3 is 5.97 Å². The zero-order valence-electron chi connectivity index (χ0n) is 8.44. The highest BCUT2D eigenvalue weighted by molar-refractivity contribution is 5.68. The van der Waals surface area contributed by atoms with Gasteiger partial charge < -0.3 is 14.3 Å². The van der Waals surface area contributed by atoms with Crippen LogP contribution in [0.3, 0.4) is 0 Å². The molecule has 1 aromatic heterocycles. The number of carbonyl (C=O) groups is 1. The molecular formula is C11H14O4. The van der Waals surface area contributed by atoms with Crippen molar-refractivity contribution in [2.24, 2.45) is 0 Å². The van der Waals surface area contributed by atoms with E-state index in [1.54, 1.807) is 12.3 Å². The van der Waals surface area contributed by atoms with E-state index < -0.39 is 11.6 Å². The van der Waals surface area contributed by atoms with Gasteiger partial charge in [0.15, 0.2) is 0 Å². The molecule has 1 aliphatic carbocycles. The second-order valence-electron chi connectivity index (χ2n) is 3.98. The van der Waals surface area contributed by atoms with Crippen LogP contribution in [0.5, 0.6) is 0 Å². The molecule has 1 heterocycles. The van der Waals surface area contributed by atoms with E-state index in [0.717, 1.165) is 25.0 Å². The molecule has 0 saturated heterocycles. The Hall–Kier alpha value is -1.29. The first kappa shape index (κ1) is 10.2. The van der Waals surface area contributed by atoms with Gasteiger partial charge in [0, 0.05) is 0 Å². The van der Waals surface area contributed by atoms with Crippen LogP contribution in [0.2, 0.25) is 0 Å². The molecule has 1 saturated carbocycles. The molecule has 0 bridgehead atoms. The van der Waals surface area contributed by atoms with Crippen LogP contribution in [0.25, 0.3) is 0 Å². The first-order valence-electron chi connectivity index (χ1n) is 5.08. The Morgan fingerprint density at radius 1 is 1.60 bits per heavy atom. The molecule has 0 unspecified atom stereocenters. The number of rotatable bonds is 5. The van der Waals surface area contributed by atoms with Crippen molar-refractivity contribution in [3.63, 3.8) is 0 Å². The smallest absolute Gasteiger partial charge is 0.306 e. The van der Waals surface area contributed by atoms with Gasteiger partial charge in [-0.3, -0.25) is 4.79 Å². The molecule has 1 aromatic rings.